The molecule has 0 rings (SSSR count). The van der Waals surface area contributed by atoms with Gasteiger partial charge in [-0.2, -0.15) is 0 Å². The molecule has 3 nitrogen and oxygen atoms in total. The van der Waals surface area contributed by atoms with Crippen LogP contribution in [0.1, 0.15) is 6.92 Å². The highest BCUT2D eigenvalue weighted by Crippen LogP contribution is 2.01. The van der Waals surface area contributed by atoms with Crippen molar-refractivity contribution < 1.29 is 9.53 Å². The minimum Gasteiger partial charge on any atom is -0.467 e. The van der Waals surface area contributed by atoms with Gasteiger partial charge in [-0.15, -0.1) is 5.73 Å². The van der Waals surface area contributed by atoms with Crippen LogP contribution in [0, 0.1) is 0 Å². The van der Waals surface area contributed by atoms with Crippen LogP contribution in [0.25, 0.3) is 0 Å². The maximum absolute atomic E-state index is 10.8. The molecule has 0 aliphatic rings. The third kappa shape index (κ3) is 2.05. The first-order valence-corrected chi connectivity index (χ1v) is 2.79. The summed E-state index contributed by atoms with van der Waals surface area (Å²) < 4.78 is 4.40. The van der Waals surface area contributed by atoms with Crippen molar-refractivity contribution in [2.75, 3.05) is 7.11 Å². The van der Waals surface area contributed by atoms with Crippen molar-refractivity contribution in [3.05, 3.63) is 18.4 Å². The molecule has 3 heteroatoms. The molecule has 0 amide bonds. The second kappa shape index (κ2) is 3.20. The molecule has 0 radical (unpaired) electrons. The molecular formula is C7H11NO2. The molecule has 0 heterocycles. The zero-order valence-electron chi connectivity index (χ0n) is 6.18. The number of carbonyl (C=O) groups excluding carboxylic acids is 1. The Morgan fingerprint density at radius 2 is 2.40 bits per heavy atom. The second-order valence-electron chi connectivity index (χ2n) is 2.12. The third-order valence-electron chi connectivity index (χ3n) is 1.03. The number of methoxy groups -OCH3 is 1. The predicted octanol–water partition coefficient (Wildman–Crippen LogP) is 0.218. The SMILES string of the molecule is C=C=C[C@@](C)(N)C(=O)OC. The van der Waals surface area contributed by atoms with E-state index in [2.05, 4.69) is 17.0 Å². The quantitative estimate of drug-likeness (QED) is 0.442. The average Bonchev–Trinajstić information content (AvgIpc) is 1.86. The third-order valence-corrected chi connectivity index (χ3v) is 1.03. The van der Waals surface area contributed by atoms with Crippen LogP contribution in [0.2, 0.25) is 0 Å². The van der Waals surface area contributed by atoms with Gasteiger partial charge < -0.3 is 10.5 Å². The summed E-state index contributed by atoms with van der Waals surface area (Å²) in [6.07, 6.45) is 1.36. The predicted molar refractivity (Wildman–Crippen MR) is 38.3 cm³/mol. The smallest absolute Gasteiger partial charge is 0.330 e. The van der Waals surface area contributed by atoms with Gasteiger partial charge in [0.1, 0.15) is 5.54 Å². The first-order valence-electron chi connectivity index (χ1n) is 2.79. The van der Waals surface area contributed by atoms with Crippen LogP contribution in [-0.4, -0.2) is 18.6 Å². The maximum Gasteiger partial charge on any atom is 0.330 e. The van der Waals surface area contributed by atoms with Crippen LogP contribution in [0.3, 0.4) is 0 Å². The highest BCUT2D eigenvalue weighted by atomic mass is 16.5. The van der Waals surface area contributed by atoms with Crippen LogP contribution in [0.4, 0.5) is 0 Å². The van der Waals surface area contributed by atoms with E-state index in [9.17, 15) is 4.79 Å². The molecule has 0 unspecified atom stereocenters. The number of ether oxygens (including phenoxy) is 1. The molecule has 0 bridgehead atoms. The van der Waals surface area contributed by atoms with Gasteiger partial charge in [-0.05, 0) is 13.0 Å². The summed E-state index contributed by atoms with van der Waals surface area (Å²) in [5.41, 5.74) is 6.77. The molecule has 0 spiro atoms. The standard InChI is InChI=1S/C7H11NO2/c1-4-5-7(2,8)6(9)10-3/h5H,1,8H2,2-3H3/t7-/m1/s1. The van der Waals surface area contributed by atoms with Gasteiger partial charge in [0.2, 0.25) is 0 Å². The Morgan fingerprint density at radius 3 is 2.70 bits per heavy atom. The second-order valence-corrected chi connectivity index (χ2v) is 2.12. The number of nitrogens with two attached hydrogens (primary N) is 1. The summed E-state index contributed by atoms with van der Waals surface area (Å²) in [6, 6.07) is 0. The fourth-order valence-corrected chi connectivity index (χ4v) is 0.491. The molecule has 1 atom stereocenters. The van der Waals surface area contributed by atoms with E-state index in [4.69, 9.17) is 5.73 Å². The van der Waals surface area contributed by atoms with Gasteiger partial charge >= 0.3 is 5.97 Å². The van der Waals surface area contributed by atoms with Crippen molar-refractivity contribution in [3.8, 4) is 0 Å². The van der Waals surface area contributed by atoms with Crippen molar-refractivity contribution in [1.82, 2.24) is 0 Å². The lowest BCUT2D eigenvalue weighted by Crippen LogP contribution is -2.43. The number of rotatable bonds is 2. The van der Waals surface area contributed by atoms with E-state index in [1.807, 2.05) is 0 Å². The van der Waals surface area contributed by atoms with Gasteiger partial charge in [0, 0.05) is 0 Å². The Labute approximate surface area is 60.2 Å². The monoisotopic (exact) mass is 141 g/mol. The molecule has 0 aromatic carbocycles. The molecule has 0 fully saturated rings. The lowest BCUT2D eigenvalue weighted by Gasteiger charge is -2.14. The Morgan fingerprint density at radius 1 is 1.90 bits per heavy atom. The number of esters is 1. The van der Waals surface area contributed by atoms with Gasteiger partial charge in [0.05, 0.1) is 7.11 Å². The summed E-state index contributed by atoms with van der Waals surface area (Å²) in [5, 5.41) is 0. The first kappa shape index (κ1) is 8.95. The topological polar surface area (TPSA) is 52.3 Å². The number of carbonyl (C=O) groups is 1. The zero-order chi connectivity index (χ0) is 8.20. The van der Waals surface area contributed by atoms with E-state index in [0.29, 0.717) is 0 Å². The molecular weight excluding hydrogens is 130 g/mol. The van der Waals surface area contributed by atoms with Crippen molar-refractivity contribution >= 4 is 5.97 Å². The number of hydrogen-bond donors (Lipinski definition) is 1. The Kier molecular flexibility index (Phi) is 2.87. The Hall–Kier alpha value is -1.05. The van der Waals surface area contributed by atoms with Gasteiger partial charge in [-0.25, -0.2) is 4.79 Å². The summed E-state index contributed by atoms with van der Waals surface area (Å²) in [4.78, 5) is 10.8. The van der Waals surface area contributed by atoms with E-state index in [-0.39, 0.29) is 0 Å². The average molecular weight is 141 g/mol. The Bertz CT molecular complexity index is 178. The highest BCUT2D eigenvalue weighted by molar-refractivity contribution is 5.82. The Balaban J connectivity index is 4.38. The van der Waals surface area contributed by atoms with E-state index in [0.717, 1.165) is 0 Å². The lowest BCUT2D eigenvalue weighted by molar-refractivity contribution is -0.144. The van der Waals surface area contributed by atoms with Crippen LogP contribution >= 0.6 is 0 Å². The normalized spacial score (nSPS) is 14.7. The largest absolute Gasteiger partial charge is 0.467 e. The van der Waals surface area contributed by atoms with Crippen LogP contribution in [-0.2, 0) is 9.53 Å². The van der Waals surface area contributed by atoms with Gasteiger partial charge in [0.25, 0.3) is 0 Å². The molecule has 0 aromatic heterocycles. The summed E-state index contributed by atoms with van der Waals surface area (Å²) in [6.45, 7) is 4.82. The van der Waals surface area contributed by atoms with Gasteiger partial charge in [-0.3, -0.25) is 0 Å². The van der Waals surface area contributed by atoms with Crippen molar-refractivity contribution in [2.45, 2.75) is 12.5 Å². The fraction of sp³-hybridized carbons (Fsp3) is 0.429. The van der Waals surface area contributed by atoms with Crippen LogP contribution < -0.4 is 5.73 Å². The first-order chi connectivity index (χ1) is 4.54. The molecule has 0 saturated carbocycles. The summed E-state index contributed by atoms with van der Waals surface area (Å²) in [7, 11) is 1.28. The van der Waals surface area contributed by atoms with Crippen LogP contribution in [0.15, 0.2) is 18.4 Å². The van der Waals surface area contributed by atoms with E-state index in [1.54, 1.807) is 0 Å². The molecule has 0 aliphatic heterocycles. The summed E-state index contributed by atoms with van der Waals surface area (Å²) in [5.74, 6) is -0.497. The van der Waals surface area contributed by atoms with E-state index >= 15 is 0 Å². The minimum atomic E-state index is -1.10. The van der Waals surface area contributed by atoms with Gasteiger partial charge in [0.15, 0.2) is 0 Å². The molecule has 10 heavy (non-hydrogen) atoms. The van der Waals surface area contributed by atoms with Crippen LogP contribution in [0.5, 0.6) is 0 Å². The highest BCUT2D eigenvalue weighted by Gasteiger charge is 2.25. The van der Waals surface area contributed by atoms with E-state index in [1.165, 1.54) is 20.1 Å². The number of hydrogen-bond acceptors (Lipinski definition) is 3. The van der Waals surface area contributed by atoms with E-state index < -0.39 is 11.5 Å². The summed E-state index contributed by atoms with van der Waals surface area (Å²) >= 11 is 0. The molecule has 0 aliphatic carbocycles. The fourth-order valence-electron chi connectivity index (χ4n) is 0.491. The van der Waals surface area contributed by atoms with Crippen molar-refractivity contribution in [2.24, 2.45) is 5.73 Å². The molecule has 56 valence electrons. The zero-order valence-corrected chi connectivity index (χ0v) is 6.18. The molecule has 0 aromatic rings. The van der Waals surface area contributed by atoms with Crippen molar-refractivity contribution in [3.63, 3.8) is 0 Å². The maximum atomic E-state index is 10.8. The molecule has 0 saturated heterocycles. The molecule has 2 N–H and O–H groups in total. The lowest BCUT2D eigenvalue weighted by atomic mass is 10.1. The van der Waals surface area contributed by atoms with Gasteiger partial charge in [-0.1, -0.05) is 6.58 Å². The van der Waals surface area contributed by atoms with Crippen molar-refractivity contribution in [1.29, 1.82) is 0 Å². The minimum absolute atomic E-state index is 0.497.